The molecular weight excluding hydrogens is 760 g/mol. The maximum Gasteiger partial charge on any atom is 0.341 e. The Kier molecular flexibility index (Phi) is 14.7. The highest BCUT2D eigenvalue weighted by atomic mass is 16.7. The molecule has 0 aliphatic heterocycles. The molecule has 0 aromatic heterocycles. The van der Waals surface area contributed by atoms with Crippen molar-refractivity contribution in [1.82, 2.24) is 0 Å². The quantitative estimate of drug-likeness (QED) is 0.0606. The number of benzene rings is 4. The number of carboxylic acids is 4. The number of carboxylic acid groups (broad SMARTS) is 4. The maximum absolute atomic E-state index is 13.5. The Morgan fingerprint density at radius 2 is 0.552 bits per heavy atom. The summed E-state index contributed by atoms with van der Waals surface area (Å²) < 4.78 is 23.0. The van der Waals surface area contributed by atoms with Crippen molar-refractivity contribution in [1.29, 1.82) is 0 Å². The minimum absolute atomic E-state index is 0.113. The Morgan fingerprint density at radius 1 is 0.379 bits per heavy atom. The Bertz CT molecular complexity index is 1860. The molecule has 4 aromatic rings. The molecule has 1 aliphatic carbocycles. The van der Waals surface area contributed by atoms with Crippen LogP contribution in [0.15, 0.2) is 110 Å². The van der Waals surface area contributed by atoms with E-state index in [4.69, 9.17) is 18.9 Å². The van der Waals surface area contributed by atoms with Crippen molar-refractivity contribution >= 4 is 47.8 Å². The fourth-order valence-corrected chi connectivity index (χ4v) is 5.95. The first-order valence-corrected chi connectivity index (χ1v) is 17.4. The molecule has 16 nitrogen and oxygen atoms in total. The lowest BCUT2D eigenvalue weighted by molar-refractivity contribution is -0.177. The van der Waals surface area contributed by atoms with Gasteiger partial charge < -0.3 is 39.4 Å². The highest BCUT2D eigenvalue weighted by Crippen LogP contribution is 2.39. The van der Waals surface area contributed by atoms with E-state index in [1.807, 2.05) is 0 Å². The van der Waals surface area contributed by atoms with Gasteiger partial charge in [-0.3, -0.25) is 0 Å². The average Bonchev–Trinajstić information content (AvgIpc) is 3.23. The zero-order valence-corrected chi connectivity index (χ0v) is 30.5. The highest BCUT2D eigenvalue weighted by Gasteiger charge is 2.44. The summed E-state index contributed by atoms with van der Waals surface area (Å²) in [4.78, 5) is 99.4. The molecule has 0 saturated heterocycles. The molecule has 4 N–H and O–H groups in total. The Morgan fingerprint density at radius 3 is 0.724 bits per heavy atom. The fourth-order valence-electron chi connectivity index (χ4n) is 5.95. The Labute approximate surface area is 329 Å². The predicted octanol–water partition coefficient (Wildman–Crippen LogP) is 6.47. The van der Waals surface area contributed by atoms with Gasteiger partial charge in [0, 0.05) is 11.8 Å². The summed E-state index contributed by atoms with van der Waals surface area (Å²) in [6.45, 7) is 6.00. The van der Waals surface area contributed by atoms with E-state index >= 15 is 0 Å². The number of hydrogen-bond donors (Lipinski definition) is 4. The number of esters is 4. The van der Waals surface area contributed by atoms with Crippen LogP contribution < -0.4 is 0 Å². The zero-order valence-electron chi connectivity index (χ0n) is 30.5. The van der Waals surface area contributed by atoms with Crippen LogP contribution in [0, 0.1) is 11.8 Å². The van der Waals surface area contributed by atoms with E-state index in [0.29, 0.717) is 12.8 Å². The first-order chi connectivity index (χ1) is 27.7. The lowest BCUT2D eigenvalue weighted by atomic mass is 9.78. The van der Waals surface area contributed by atoms with Gasteiger partial charge in [-0.05, 0) is 110 Å². The molecule has 16 heteroatoms. The summed E-state index contributed by atoms with van der Waals surface area (Å²) in [5.41, 5.74) is -0.939. The molecule has 58 heavy (non-hydrogen) atoms. The van der Waals surface area contributed by atoms with Crippen molar-refractivity contribution < 1.29 is 77.7 Å². The average molecular weight is 797 g/mol. The number of rotatable bonds is 14. The molecular formula is C42H36O16. The van der Waals surface area contributed by atoms with E-state index in [0.717, 1.165) is 48.5 Å². The molecule has 1 aliphatic rings. The van der Waals surface area contributed by atoms with Crippen molar-refractivity contribution in [3.8, 4) is 0 Å². The van der Waals surface area contributed by atoms with Crippen molar-refractivity contribution in [3.05, 3.63) is 155 Å². The van der Waals surface area contributed by atoms with Crippen LogP contribution >= 0.6 is 0 Å². The third-order valence-corrected chi connectivity index (χ3v) is 8.94. The summed E-state index contributed by atoms with van der Waals surface area (Å²) >= 11 is 0. The molecule has 0 heterocycles. The van der Waals surface area contributed by atoms with Gasteiger partial charge in [0.15, 0.2) is 0 Å². The molecule has 300 valence electrons. The van der Waals surface area contributed by atoms with Gasteiger partial charge in [0.1, 0.15) is 0 Å². The van der Waals surface area contributed by atoms with Crippen molar-refractivity contribution in [2.24, 2.45) is 11.8 Å². The van der Waals surface area contributed by atoms with E-state index < -0.39 is 72.2 Å². The van der Waals surface area contributed by atoms with Gasteiger partial charge in [0.25, 0.3) is 12.6 Å². The van der Waals surface area contributed by atoms with Gasteiger partial charge in [-0.1, -0.05) is 12.8 Å². The van der Waals surface area contributed by atoms with Crippen LogP contribution in [0.4, 0.5) is 0 Å². The second kappa shape index (κ2) is 19.8. The molecule has 2 atom stereocenters. The molecule has 2 unspecified atom stereocenters. The third-order valence-electron chi connectivity index (χ3n) is 8.94. The van der Waals surface area contributed by atoms with Gasteiger partial charge >= 0.3 is 47.8 Å². The van der Waals surface area contributed by atoms with Crippen molar-refractivity contribution in [3.63, 3.8) is 0 Å². The molecule has 0 amide bonds. The molecule has 0 radical (unpaired) electrons. The number of hydrogen-bond acceptors (Lipinski definition) is 12. The number of aromatic carboxylic acids is 4. The summed E-state index contributed by atoms with van der Waals surface area (Å²) in [5.74, 6) is -11.2. The van der Waals surface area contributed by atoms with Crippen LogP contribution in [0.5, 0.6) is 0 Å². The summed E-state index contributed by atoms with van der Waals surface area (Å²) in [6, 6.07) is 18.8. The largest absolute Gasteiger partial charge is 0.478 e. The first-order valence-electron chi connectivity index (χ1n) is 17.4. The van der Waals surface area contributed by atoms with Crippen LogP contribution in [0.2, 0.25) is 0 Å². The second-order valence-electron chi connectivity index (χ2n) is 12.5. The van der Waals surface area contributed by atoms with E-state index in [9.17, 15) is 58.8 Å². The van der Waals surface area contributed by atoms with E-state index in [2.05, 4.69) is 13.2 Å². The van der Waals surface area contributed by atoms with E-state index in [1.54, 1.807) is 0 Å². The normalized spacial score (nSPS) is 14.5. The van der Waals surface area contributed by atoms with Crippen LogP contribution in [0.3, 0.4) is 0 Å². The number of carbonyl (C=O) groups is 8. The van der Waals surface area contributed by atoms with Crippen LogP contribution in [-0.2, 0) is 18.9 Å². The fraction of sp³-hybridized carbons (Fsp3) is 0.190. The molecule has 0 bridgehead atoms. The lowest BCUT2D eigenvalue weighted by Crippen LogP contribution is -2.45. The SMILES string of the molecule is C=C.O=C(O)c1ccc(C(=O)OC(OC(=O)c2ccc(C(=O)O)cc2)C2CCCCC2C(OC(=O)c2ccc(C(=O)O)cc2)OC(=O)c2ccc(C(=O)O)cc2)cc1. The van der Waals surface area contributed by atoms with Gasteiger partial charge in [-0.2, -0.15) is 0 Å². The molecule has 5 rings (SSSR count). The van der Waals surface area contributed by atoms with Crippen molar-refractivity contribution in [2.45, 2.75) is 38.3 Å². The van der Waals surface area contributed by atoms with Crippen LogP contribution in [-0.4, -0.2) is 80.8 Å². The van der Waals surface area contributed by atoms with Gasteiger partial charge in [0.2, 0.25) is 0 Å². The minimum atomic E-state index is -1.75. The standard InChI is InChI=1S/C40H32O16.C2H4/c41-31(42)21-5-13-25(14-6-21)35(49)53-39(54-36(50)26-15-7-22(8-16-26)32(43)44)29-3-1-2-4-30(29)40(55-37(51)27-17-9-23(10-18-27)33(45)46)56-38(52)28-19-11-24(12-20-28)34(47)48;1-2/h5-20,29-30,39-40H,1-4H2,(H,41,42)(H,43,44)(H,45,46)(H,47,48);1-2H2. The summed E-state index contributed by atoms with van der Waals surface area (Å²) in [5, 5.41) is 37.1. The van der Waals surface area contributed by atoms with Gasteiger partial charge in [0.05, 0.1) is 44.5 Å². The number of carbonyl (C=O) groups excluding carboxylic acids is 4. The molecule has 0 spiro atoms. The monoisotopic (exact) mass is 796 g/mol. The predicted molar refractivity (Wildman–Crippen MR) is 200 cm³/mol. The van der Waals surface area contributed by atoms with Gasteiger partial charge in [-0.25, -0.2) is 38.4 Å². The van der Waals surface area contributed by atoms with Crippen LogP contribution in [0.1, 0.15) is 109 Å². The first kappa shape index (κ1) is 43.1. The lowest BCUT2D eigenvalue weighted by Gasteiger charge is -2.38. The number of ether oxygens (including phenoxy) is 4. The Balaban J connectivity index is 0.00000366. The smallest absolute Gasteiger partial charge is 0.341 e. The zero-order chi connectivity index (χ0) is 42.5. The maximum atomic E-state index is 13.5. The minimum Gasteiger partial charge on any atom is -0.478 e. The van der Waals surface area contributed by atoms with E-state index in [1.165, 1.54) is 48.5 Å². The molecule has 1 saturated carbocycles. The topological polar surface area (TPSA) is 254 Å². The summed E-state index contributed by atoms with van der Waals surface area (Å²) in [6.07, 6.45) is -2.20. The summed E-state index contributed by atoms with van der Waals surface area (Å²) in [7, 11) is 0. The Hall–Kier alpha value is -7.62. The molecule has 1 fully saturated rings. The third kappa shape index (κ3) is 11.0. The second-order valence-corrected chi connectivity index (χ2v) is 12.5. The van der Waals surface area contributed by atoms with Crippen LogP contribution in [0.25, 0.3) is 0 Å². The van der Waals surface area contributed by atoms with Crippen molar-refractivity contribution in [2.75, 3.05) is 0 Å². The van der Waals surface area contributed by atoms with E-state index in [-0.39, 0.29) is 57.3 Å². The highest BCUT2D eigenvalue weighted by molar-refractivity contribution is 5.95. The molecule has 4 aromatic carbocycles. The van der Waals surface area contributed by atoms with Gasteiger partial charge in [-0.15, -0.1) is 13.2 Å².